The van der Waals surface area contributed by atoms with Gasteiger partial charge in [0.05, 0.1) is 12.6 Å². The number of hydrogen-bond acceptors (Lipinski definition) is 4. The molecule has 0 unspecified atom stereocenters. The first-order chi connectivity index (χ1) is 15.4. The number of nitrogens with zero attached hydrogens (tertiary/aromatic N) is 3. The van der Waals surface area contributed by atoms with Gasteiger partial charge in [-0.1, -0.05) is 42.5 Å². The van der Waals surface area contributed by atoms with Crippen LogP contribution in [0, 0.1) is 0 Å². The highest BCUT2D eigenvalue weighted by molar-refractivity contribution is 5.49. The predicted molar refractivity (Wildman–Crippen MR) is 131 cm³/mol. The maximum absolute atomic E-state index is 12.1. The van der Waals surface area contributed by atoms with Crippen LogP contribution in [0.4, 0.5) is 0 Å². The van der Waals surface area contributed by atoms with Crippen LogP contribution in [0.2, 0.25) is 0 Å². The lowest BCUT2D eigenvalue weighted by Gasteiger charge is -2.54. The van der Waals surface area contributed by atoms with Crippen molar-refractivity contribution in [3.8, 4) is 5.75 Å². The Bertz CT molecular complexity index is 843. The third-order valence-corrected chi connectivity index (χ3v) is 7.43. The van der Waals surface area contributed by atoms with E-state index in [4.69, 9.17) is 4.74 Å². The minimum absolute atomic E-state index is 0.0155. The summed E-state index contributed by atoms with van der Waals surface area (Å²) in [7, 11) is 8.23. The van der Waals surface area contributed by atoms with Crippen molar-refractivity contribution in [2.75, 3.05) is 41.3 Å². The first kappa shape index (κ1) is 24.3. The zero-order valence-corrected chi connectivity index (χ0v) is 20.4. The molecule has 0 aromatic heterocycles. The summed E-state index contributed by atoms with van der Waals surface area (Å²) in [6, 6.07) is 19.1. The summed E-state index contributed by atoms with van der Waals surface area (Å²) in [6.45, 7) is 4.54. The standard InChI is InChI=1S/C27H39N3O2/c1-6-30(22-31)26(21-29(4)20-23-12-14-25(32-5)15-13-23)16-18-27(19-17-26,28(2)3)24-10-8-7-9-11-24/h7-15,22H,6,16-21H2,1-5H3. The minimum Gasteiger partial charge on any atom is -0.497 e. The first-order valence-corrected chi connectivity index (χ1v) is 11.7. The lowest BCUT2D eigenvalue weighted by atomic mass is 9.67. The second kappa shape index (κ2) is 10.5. The van der Waals surface area contributed by atoms with Gasteiger partial charge in [-0.15, -0.1) is 0 Å². The molecule has 0 atom stereocenters. The van der Waals surface area contributed by atoms with Gasteiger partial charge < -0.3 is 9.64 Å². The third-order valence-electron chi connectivity index (χ3n) is 7.43. The number of likely N-dealkylation sites (N-methyl/N-ethyl adjacent to an activating group) is 2. The molecule has 32 heavy (non-hydrogen) atoms. The van der Waals surface area contributed by atoms with E-state index in [1.807, 2.05) is 17.0 Å². The van der Waals surface area contributed by atoms with E-state index in [1.165, 1.54) is 11.1 Å². The zero-order chi connectivity index (χ0) is 23.2. The molecular formula is C27H39N3O2. The van der Waals surface area contributed by atoms with Gasteiger partial charge in [0.2, 0.25) is 6.41 Å². The minimum atomic E-state index is -0.147. The fourth-order valence-corrected chi connectivity index (χ4v) is 5.53. The Hall–Kier alpha value is -2.37. The van der Waals surface area contributed by atoms with Gasteiger partial charge in [0.15, 0.2) is 0 Å². The molecular weight excluding hydrogens is 398 g/mol. The molecule has 1 aliphatic rings. The lowest BCUT2D eigenvalue weighted by Crippen LogP contribution is -2.59. The van der Waals surface area contributed by atoms with E-state index in [0.717, 1.165) is 57.5 Å². The molecule has 1 aliphatic carbocycles. The Kier molecular flexibility index (Phi) is 7.96. The molecule has 0 heterocycles. The summed E-state index contributed by atoms with van der Waals surface area (Å²) >= 11 is 0. The Morgan fingerprint density at radius 3 is 2.06 bits per heavy atom. The number of amides is 1. The molecule has 1 amide bonds. The average molecular weight is 438 g/mol. The van der Waals surface area contributed by atoms with E-state index in [-0.39, 0.29) is 11.1 Å². The molecule has 0 saturated heterocycles. The summed E-state index contributed by atoms with van der Waals surface area (Å²) in [5.74, 6) is 0.874. The van der Waals surface area contributed by atoms with Gasteiger partial charge >= 0.3 is 0 Å². The van der Waals surface area contributed by atoms with Crippen molar-refractivity contribution in [2.45, 2.75) is 50.2 Å². The molecule has 1 fully saturated rings. The number of ether oxygens (including phenoxy) is 1. The maximum atomic E-state index is 12.1. The lowest BCUT2D eigenvalue weighted by molar-refractivity contribution is -0.128. The molecule has 0 radical (unpaired) electrons. The highest BCUT2D eigenvalue weighted by atomic mass is 16.5. The summed E-state index contributed by atoms with van der Waals surface area (Å²) in [4.78, 5) is 18.9. The van der Waals surface area contributed by atoms with Crippen LogP contribution < -0.4 is 4.74 Å². The summed E-state index contributed by atoms with van der Waals surface area (Å²) in [5, 5.41) is 0. The topological polar surface area (TPSA) is 36.0 Å². The van der Waals surface area contributed by atoms with Gasteiger partial charge in [-0.3, -0.25) is 14.6 Å². The fraction of sp³-hybridized carbons (Fsp3) is 0.519. The molecule has 3 rings (SSSR count). The SMILES string of the molecule is CCN(C=O)C1(CN(C)Cc2ccc(OC)cc2)CCC(c2ccccc2)(N(C)C)CC1. The predicted octanol–water partition coefficient (Wildman–Crippen LogP) is 4.38. The number of carbonyl (C=O) groups excluding carboxylic acids is 1. The summed E-state index contributed by atoms with van der Waals surface area (Å²) in [6.07, 6.45) is 5.10. The van der Waals surface area contributed by atoms with Crippen LogP contribution in [0.5, 0.6) is 5.75 Å². The highest BCUT2D eigenvalue weighted by Gasteiger charge is 2.47. The number of rotatable bonds is 10. The second-order valence-electron chi connectivity index (χ2n) is 9.43. The van der Waals surface area contributed by atoms with Crippen molar-refractivity contribution >= 4 is 6.41 Å². The first-order valence-electron chi connectivity index (χ1n) is 11.7. The van der Waals surface area contributed by atoms with Crippen LogP contribution >= 0.6 is 0 Å². The van der Waals surface area contributed by atoms with Crippen LogP contribution in [0.3, 0.4) is 0 Å². The maximum Gasteiger partial charge on any atom is 0.210 e. The van der Waals surface area contributed by atoms with Gasteiger partial charge in [0, 0.05) is 25.2 Å². The fourth-order valence-electron chi connectivity index (χ4n) is 5.53. The van der Waals surface area contributed by atoms with Crippen LogP contribution in [0.1, 0.15) is 43.7 Å². The average Bonchev–Trinajstić information content (AvgIpc) is 2.81. The summed E-state index contributed by atoms with van der Waals surface area (Å²) in [5.41, 5.74) is 2.49. The number of carbonyl (C=O) groups is 1. The van der Waals surface area contributed by atoms with Crippen LogP contribution in [0.25, 0.3) is 0 Å². The molecule has 0 aliphatic heterocycles. The number of benzene rings is 2. The monoisotopic (exact) mass is 437 g/mol. The number of hydrogen-bond donors (Lipinski definition) is 0. The molecule has 2 aromatic carbocycles. The normalized spacial score (nSPS) is 23.3. The quantitative estimate of drug-likeness (QED) is 0.517. The van der Waals surface area contributed by atoms with Gasteiger partial charge in [-0.05, 0) is 77.0 Å². The van der Waals surface area contributed by atoms with Crippen molar-refractivity contribution < 1.29 is 9.53 Å². The summed E-state index contributed by atoms with van der Waals surface area (Å²) < 4.78 is 5.28. The van der Waals surface area contributed by atoms with Crippen molar-refractivity contribution in [1.82, 2.24) is 14.7 Å². The Labute approximate surface area is 194 Å². The molecule has 174 valence electrons. The van der Waals surface area contributed by atoms with Gasteiger partial charge in [0.25, 0.3) is 0 Å². The van der Waals surface area contributed by atoms with Crippen LogP contribution in [-0.4, -0.2) is 68.0 Å². The smallest absolute Gasteiger partial charge is 0.210 e. The Morgan fingerprint density at radius 1 is 0.938 bits per heavy atom. The third kappa shape index (κ3) is 5.00. The Balaban J connectivity index is 1.80. The molecule has 0 bridgehead atoms. The Morgan fingerprint density at radius 2 is 1.56 bits per heavy atom. The number of methoxy groups -OCH3 is 1. The van der Waals surface area contributed by atoms with Crippen LogP contribution in [-0.2, 0) is 16.9 Å². The molecule has 5 nitrogen and oxygen atoms in total. The molecule has 0 N–H and O–H groups in total. The second-order valence-corrected chi connectivity index (χ2v) is 9.43. The van der Waals surface area contributed by atoms with Crippen molar-refractivity contribution in [3.05, 3.63) is 65.7 Å². The highest BCUT2D eigenvalue weighted by Crippen LogP contribution is 2.46. The van der Waals surface area contributed by atoms with E-state index in [0.29, 0.717) is 0 Å². The molecule has 1 saturated carbocycles. The van der Waals surface area contributed by atoms with Gasteiger partial charge in [-0.2, -0.15) is 0 Å². The van der Waals surface area contributed by atoms with Crippen LogP contribution in [0.15, 0.2) is 54.6 Å². The van der Waals surface area contributed by atoms with Crippen molar-refractivity contribution in [3.63, 3.8) is 0 Å². The van der Waals surface area contributed by atoms with E-state index < -0.39 is 0 Å². The van der Waals surface area contributed by atoms with E-state index in [2.05, 4.69) is 80.3 Å². The van der Waals surface area contributed by atoms with E-state index >= 15 is 0 Å². The van der Waals surface area contributed by atoms with E-state index in [1.54, 1.807) is 7.11 Å². The molecule has 0 spiro atoms. The largest absolute Gasteiger partial charge is 0.497 e. The van der Waals surface area contributed by atoms with Crippen molar-refractivity contribution in [1.29, 1.82) is 0 Å². The molecule has 2 aromatic rings. The van der Waals surface area contributed by atoms with Crippen molar-refractivity contribution in [2.24, 2.45) is 0 Å². The van der Waals surface area contributed by atoms with Gasteiger partial charge in [-0.25, -0.2) is 0 Å². The zero-order valence-electron chi connectivity index (χ0n) is 20.4. The molecule has 5 heteroatoms. The van der Waals surface area contributed by atoms with E-state index in [9.17, 15) is 4.79 Å². The van der Waals surface area contributed by atoms with Gasteiger partial charge in [0.1, 0.15) is 5.75 Å².